The van der Waals surface area contributed by atoms with Crippen molar-refractivity contribution in [2.75, 3.05) is 6.54 Å². The lowest BCUT2D eigenvalue weighted by molar-refractivity contribution is -0.137. The molecule has 1 unspecified atom stereocenters. The average Bonchev–Trinajstić information content (AvgIpc) is 2.75. The third-order valence-electron chi connectivity index (χ3n) is 3.82. The van der Waals surface area contributed by atoms with Gasteiger partial charge in [0.1, 0.15) is 0 Å². The van der Waals surface area contributed by atoms with Crippen molar-refractivity contribution < 1.29 is 13.2 Å². The topological polar surface area (TPSA) is 12.0 Å². The van der Waals surface area contributed by atoms with Crippen molar-refractivity contribution in [3.05, 3.63) is 35.4 Å². The highest BCUT2D eigenvalue weighted by Crippen LogP contribution is 2.42. The smallest absolute Gasteiger partial charge is 0.307 e. The molecule has 4 heteroatoms. The molecular weight excluding hydrogens is 263 g/mol. The Morgan fingerprint density at radius 1 is 1.20 bits per heavy atom. The van der Waals surface area contributed by atoms with Crippen LogP contribution < -0.4 is 5.32 Å². The largest absolute Gasteiger partial charge is 0.416 e. The molecule has 0 amide bonds. The molecule has 1 aliphatic rings. The fourth-order valence-electron chi connectivity index (χ4n) is 3.20. The van der Waals surface area contributed by atoms with Crippen LogP contribution in [0.15, 0.2) is 24.3 Å². The summed E-state index contributed by atoms with van der Waals surface area (Å²) in [4.78, 5) is 0. The van der Waals surface area contributed by atoms with E-state index in [1.807, 2.05) is 6.07 Å². The Balaban J connectivity index is 2.40. The van der Waals surface area contributed by atoms with Crippen LogP contribution in [0.4, 0.5) is 13.2 Å². The van der Waals surface area contributed by atoms with Gasteiger partial charge in [0.2, 0.25) is 0 Å². The van der Waals surface area contributed by atoms with Crippen LogP contribution in [0.25, 0.3) is 0 Å². The minimum Gasteiger partial charge on any atom is -0.307 e. The summed E-state index contributed by atoms with van der Waals surface area (Å²) in [5.74, 6) is 0. The minimum absolute atomic E-state index is 0.0611. The molecule has 1 N–H and O–H groups in total. The summed E-state index contributed by atoms with van der Waals surface area (Å²) < 4.78 is 38.7. The summed E-state index contributed by atoms with van der Waals surface area (Å²) in [6.45, 7) is 7.25. The second-order valence-corrected chi connectivity index (χ2v) is 6.93. The van der Waals surface area contributed by atoms with Crippen LogP contribution in [0.3, 0.4) is 0 Å². The second kappa shape index (κ2) is 5.06. The van der Waals surface area contributed by atoms with Gasteiger partial charge in [-0.3, -0.25) is 0 Å². The zero-order chi connectivity index (χ0) is 15.0. The molecule has 0 spiro atoms. The molecular formula is C16H22F3N. The molecule has 1 saturated heterocycles. The van der Waals surface area contributed by atoms with Crippen LogP contribution in [0.1, 0.15) is 51.2 Å². The zero-order valence-electron chi connectivity index (χ0n) is 12.3. The fourth-order valence-corrected chi connectivity index (χ4v) is 3.20. The monoisotopic (exact) mass is 285 g/mol. The number of alkyl halides is 3. The van der Waals surface area contributed by atoms with Crippen LogP contribution in [0.5, 0.6) is 0 Å². The lowest BCUT2D eigenvalue weighted by Crippen LogP contribution is -2.40. The Bertz CT molecular complexity index is 465. The molecule has 1 aromatic carbocycles. The summed E-state index contributed by atoms with van der Waals surface area (Å²) in [5.41, 5.74) is -0.0535. The van der Waals surface area contributed by atoms with E-state index in [0.717, 1.165) is 37.4 Å². The van der Waals surface area contributed by atoms with Gasteiger partial charge in [-0.2, -0.15) is 13.2 Å². The van der Waals surface area contributed by atoms with Gasteiger partial charge in [-0.15, -0.1) is 0 Å². The maximum absolute atomic E-state index is 12.9. The van der Waals surface area contributed by atoms with E-state index >= 15 is 0 Å². The van der Waals surface area contributed by atoms with Crippen molar-refractivity contribution in [3.63, 3.8) is 0 Å². The lowest BCUT2D eigenvalue weighted by atomic mass is 9.75. The zero-order valence-corrected chi connectivity index (χ0v) is 12.3. The number of rotatable bonds is 2. The van der Waals surface area contributed by atoms with Crippen LogP contribution in [-0.2, 0) is 11.7 Å². The van der Waals surface area contributed by atoms with Crippen LogP contribution in [-0.4, -0.2) is 6.54 Å². The number of benzene rings is 1. The van der Waals surface area contributed by atoms with Crippen molar-refractivity contribution in [3.8, 4) is 0 Å². The average molecular weight is 285 g/mol. The SMILES string of the molecule is CC(C)(C)CC1(c2cccc(C(F)(F)F)c2)CCCN1. The van der Waals surface area contributed by atoms with Gasteiger partial charge < -0.3 is 5.32 Å². The molecule has 1 nitrogen and oxygen atoms in total. The van der Waals surface area contributed by atoms with Gasteiger partial charge in [-0.25, -0.2) is 0 Å². The Labute approximate surface area is 118 Å². The minimum atomic E-state index is -4.28. The maximum atomic E-state index is 12.9. The van der Waals surface area contributed by atoms with Gasteiger partial charge in [-0.1, -0.05) is 32.9 Å². The predicted molar refractivity (Wildman–Crippen MR) is 74.4 cm³/mol. The van der Waals surface area contributed by atoms with Crippen LogP contribution in [0.2, 0.25) is 0 Å². The molecule has 112 valence electrons. The highest BCUT2D eigenvalue weighted by Gasteiger charge is 2.40. The predicted octanol–water partition coefficient (Wildman–Crippen LogP) is 4.72. The first-order chi connectivity index (χ1) is 9.12. The normalized spacial score (nSPS) is 24.1. The van der Waals surface area contributed by atoms with E-state index in [1.54, 1.807) is 0 Å². The number of nitrogens with one attached hydrogen (secondary N) is 1. The van der Waals surface area contributed by atoms with Gasteiger partial charge >= 0.3 is 6.18 Å². The highest BCUT2D eigenvalue weighted by molar-refractivity contribution is 5.32. The van der Waals surface area contributed by atoms with E-state index in [1.165, 1.54) is 12.1 Å². The van der Waals surface area contributed by atoms with Gasteiger partial charge in [0, 0.05) is 5.54 Å². The van der Waals surface area contributed by atoms with E-state index in [4.69, 9.17) is 0 Å². The molecule has 0 aliphatic carbocycles. The molecule has 0 saturated carbocycles. The molecule has 1 aliphatic heterocycles. The van der Waals surface area contributed by atoms with E-state index < -0.39 is 11.7 Å². The summed E-state index contributed by atoms with van der Waals surface area (Å²) in [5, 5.41) is 3.45. The molecule has 0 aromatic heterocycles. The Kier molecular flexibility index (Phi) is 3.89. The van der Waals surface area contributed by atoms with Crippen molar-refractivity contribution >= 4 is 0 Å². The standard InChI is InChI=1S/C16H22F3N/c1-14(2,3)11-15(8-5-9-20-15)12-6-4-7-13(10-12)16(17,18)19/h4,6-7,10,20H,5,8-9,11H2,1-3H3. The Morgan fingerprint density at radius 3 is 2.40 bits per heavy atom. The highest BCUT2D eigenvalue weighted by atomic mass is 19.4. The number of hydrogen-bond donors (Lipinski definition) is 1. The summed E-state index contributed by atoms with van der Waals surface area (Å²) in [6, 6.07) is 5.79. The van der Waals surface area contributed by atoms with Gasteiger partial charge in [0.05, 0.1) is 5.56 Å². The van der Waals surface area contributed by atoms with Gasteiger partial charge in [-0.05, 0) is 48.9 Å². The van der Waals surface area contributed by atoms with Gasteiger partial charge in [0.25, 0.3) is 0 Å². The molecule has 0 radical (unpaired) electrons. The first-order valence-electron chi connectivity index (χ1n) is 7.05. The lowest BCUT2D eigenvalue weighted by Gasteiger charge is -2.36. The molecule has 1 fully saturated rings. The molecule has 2 rings (SSSR count). The molecule has 1 heterocycles. The molecule has 20 heavy (non-hydrogen) atoms. The Hall–Kier alpha value is -1.03. The van der Waals surface area contributed by atoms with E-state index in [0.29, 0.717) is 0 Å². The second-order valence-electron chi connectivity index (χ2n) is 6.93. The van der Waals surface area contributed by atoms with Crippen molar-refractivity contribution in [1.29, 1.82) is 0 Å². The van der Waals surface area contributed by atoms with Crippen LogP contribution in [0, 0.1) is 5.41 Å². The summed E-state index contributed by atoms with van der Waals surface area (Å²) in [7, 11) is 0. The van der Waals surface area contributed by atoms with E-state index in [2.05, 4.69) is 26.1 Å². The van der Waals surface area contributed by atoms with Gasteiger partial charge in [0.15, 0.2) is 0 Å². The summed E-state index contributed by atoms with van der Waals surface area (Å²) in [6.07, 6.45) is -1.54. The fraction of sp³-hybridized carbons (Fsp3) is 0.625. The maximum Gasteiger partial charge on any atom is 0.416 e. The van der Waals surface area contributed by atoms with E-state index in [-0.39, 0.29) is 11.0 Å². The number of halogens is 3. The van der Waals surface area contributed by atoms with Crippen molar-refractivity contribution in [1.82, 2.24) is 5.32 Å². The van der Waals surface area contributed by atoms with Crippen molar-refractivity contribution in [2.24, 2.45) is 5.41 Å². The third-order valence-corrected chi connectivity index (χ3v) is 3.82. The number of hydrogen-bond acceptors (Lipinski definition) is 1. The molecule has 1 aromatic rings. The van der Waals surface area contributed by atoms with Crippen molar-refractivity contribution in [2.45, 2.75) is 51.7 Å². The summed E-state index contributed by atoms with van der Waals surface area (Å²) >= 11 is 0. The quantitative estimate of drug-likeness (QED) is 0.829. The first-order valence-corrected chi connectivity index (χ1v) is 7.05. The molecule has 0 bridgehead atoms. The first kappa shape index (κ1) is 15.4. The van der Waals surface area contributed by atoms with E-state index in [9.17, 15) is 13.2 Å². The Morgan fingerprint density at radius 2 is 1.90 bits per heavy atom. The van der Waals surface area contributed by atoms with Crippen LogP contribution >= 0.6 is 0 Å². The molecule has 1 atom stereocenters. The third kappa shape index (κ3) is 3.35.